The van der Waals surface area contributed by atoms with Crippen LogP contribution in [-0.4, -0.2) is 6.54 Å². The molecule has 0 aromatic heterocycles. The summed E-state index contributed by atoms with van der Waals surface area (Å²) in [5.41, 5.74) is 2.59. The molecule has 0 heterocycles. The first-order chi connectivity index (χ1) is 9.63. The molecular weight excluding hydrogens is 256 g/mol. The first-order valence-electron chi connectivity index (χ1n) is 6.87. The second kappa shape index (κ2) is 6.62. The summed E-state index contributed by atoms with van der Waals surface area (Å²) in [7, 11) is 0. The summed E-state index contributed by atoms with van der Waals surface area (Å²) < 4.78 is 27.1. The van der Waals surface area contributed by atoms with Crippen molar-refractivity contribution in [3.8, 4) is 0 Å². The molecule has 2 rings (SSSR count). The first-order valence-corrected chi connectivity index (χ1v) is 6.87. The van der Waals surface area contributed by atoms with Crippen LogP contribution in [0.1, 0.15) is 36.1 Å². The van der Waals surface area contributed by atoms with E-state index in [1.165, 1.54) is 12.1 Å². The molecule has 0 bridgehead atoms. The van der Waals surface area contributed by atoms with Crippen LogP contribution in [0.4, 0.5) is 8.78 Å². The normalized spacial score (nSPS) is 12.4. The molecule has 0 saturated carbocycles. The summed E-state index contributed by atoms with van der Waals surface area (Å²) in [6.07, 6.45) is 0.950. The van der Waals surface area contributed by atoms with Gasteiger partial charge in [0.25, 0.3) is 0 Å². The zero-order valence-corrected chi connectivity index (χ0v) is 11.8. The van der Waals surface area contributed by atoms with Crippen LogP contribution < -0.4 is 5.32 Å². The van der Waals surface area contributed by atoms with E-state index >= 15 is 0 Å². The van der Waals surface area contributed by atoms with Crippen LogP contribution in [0.5, 0.6) is 0 Å². The van der Waals surface area contributed by atoms with Crippen molar-refractivity contribution in [3.05, 3.63) is 70.8 Å². The number of rotatable bonds is 5. The van der Waals surface area contributed by atoms with Crippen molar-refractivity contribution >= 4 is 0 Å². The maximum absolute atomic E-state index is 14.1. The largest absolute Gasteiger partial charge is 0.306 e. The van der Waals surface area contributed by atoms with E-state index in [4.69, 9.17) is 0 Å². The van der Waals surface area contributed by atoms with E-state index in [2.05, 4.69) is 12.2 Å². The molecule has 3 heteroatoms. The maximum Gasteiger partial charge on any atom is 0.131 e. The zero-order valence-electron chi connectivity index (χ0n) is 11.8. The summed E-state index contributed by atoms with van der Waals surface area (Å²) in [5, 5.41) is 3.34. The summed E-state index contributed by atoms with van der Waals surface area (Å²) in [6, 6.07) is 11.4. The third kappa shape index (κ3) is 3.23. The Kier molecular flexibility index (Phi) is 4.85. The number of aryl methyl sites for hydroxylation is 1. The lowest BCUT2D eigenvalue weighted by Crippen LogP contribution is -2.24. The summed E-state index contributed by atoms with van der Waals surface area (Å²) >= 11 is 0. The molecule has 0 radical (unpaired) electrons. The van der Waals surface area contributed by atoms with Crippen LogP contribution in [0.3, 0.4) is 0 Å². The molecule has 0 aliphatic heterocycles. The minimum atomic E-state index is -0.551. The van der Waals surface area contributed by atoms with E-state index in [-0.39, 0.29) is 6.04 Å². The number of hydrogen-bond acceptors (Lipinski definition) is 1. The Morgan fingerprint density at radius 3 is 2.45 bits per heavy atom. The Morgan fingerprint density at radius 2 is 1.80 bits per heavy atom. The van der Waals surface area contributed by atoms with Gasteiger partial charge in [-0.1, -0.05) is 37.3 Å². The highest BCUT2D eigenvalue weighted by atomic mass is 19.1. The molecule has 1 atom stereocenters. The second-order valence-corrected chi connectivity index (χ2v) is 4.91. The molecule has 1 N–H and O–H groups in total. The van der Waals surface area contributed by atoms with Crippen LogP contribution in [0.25, 0.3) is 0 Å². The van der Waals surface area contributed by atoms with Gasteiger partial charge in [0.05, 0.1) is 6.04 Å². The van der Waals surface area contributed by atoms with Crippen molar-refractivity contribution in [1.29, 1.82) is 0 Å². The van der Waals surface area contributed by atoms with Crippen LogP contribution in [-0.2, 0) is 0 Å². The van der Waals surface area contributed by atoms with E-state index in [9.17, 15) is 8.78 Å². The molecule has 0 fully saturated rings. The van der Waals surface area contributed by atoms with Gasteiger partial charge in [-0.05, 0) is 37.1 Å². The van der Waals surface area contributed by atoms with Crippen molar-refractivity contribution < 1.29 is 8.78 Å². The molecule has 0 aliphatic rings. The zero-order chi connectivity index (χ0) is 14.5. The lowest BCUT2D eigenvalue weighted by atomic mass is 9.94. The highest BCUT2D eigenvalue weighted by Crippen LogP contribution is 2.27. The fourth-order valence-corrected chi connectivity index (χ4v) is 2.32. The maximum atomic E-state index is 14.1. The van der Waals surface area contributed by atoms with Gasteiger partial charge in [-0.25, -0.2) is 8.78 Å². The van der Waals surface area contributed by atoms with Gasteiger partial charge in [-0.15, -0.1) is 0 Å². The van der Waals surface area contributed by atoms with Gasteiger partial charge >= 0.3 is 0 Å². The Hall–Kier alpha value is -1.74. The number of halogens is 2. The lowest BCUT2D eigenvalue weighted by molar-refractivity contribution is 0.532. The molecule has 0 amide bonds. The van der Waals surface area contributed by atoms with Gasteiger partial charge < -0.3 is 5.32 Å². The number of benzene rings is 2. The smallest absolute Gasteiger partial charge is 0.131 e. The Bertz CT molecular complexity index is 581. The predicted molar refractivity (Wildman–Crippen MR) is 77.7 cm³/mol. The molecule has 20 heavy (non-hydrogen) atoms. The predicted octanol–water partition coefficient (Wildman–Crippen LogP) is 4.36. The molecule has 0 aliphatic carbocycles. The van der Waals surface area contributed by atoms with Gasteiger partial charge in [0.2, 0.25) is 0 Å². The van der Waals surface area contributed by atoms with Crippen molar-refractivity contribution in [3.63, 3.8) is 0 Å². The van der Waals surface area contributed by atoms with Gasteiger partial charge in [-0.3, -0.25) is 0 Å². The Balaban J connectivity index is 2.44. The average Bonchev–Trinajstić information content (AvgIpc) is 2.42. The third-order valence-electron chi connectivity index (χ3n) is 3.37. The summed E-state index contributed by atoms with van der Waals surface area (Å²) in [5.74, 6) is -1.06. The third-order valence-corrected chi connectivity index (χ3v) is 3.37. The fourth-order valence-electron chi connectivity index (χ4n) is 2.32. The lowest BCUT2D eigenvalue weighted by Gasteiger charge is -2.22. The topological polar surface area (TPSA) is 12.0 Å². The van der Waals surface area contributed by atoms with Crippen LogP contribution in [0, 0.1) is 18.6 Å². The van der Waals surface area contributed by atoms with Gasteiger partial charge in [0.15, 0.2) is 0 Å². The molecule has 0 saturated heterocycles. The Morgan fingerprint density at radius 1 is 1.05 bits per heavy atom. The van der Waals surface area contributed by atoms with E-state index in [0.29, 0.717) is 5.56 Å². The summed E-state index contributed by atoms with van der Waals surface area (Å²) in [4.78, 5) is 0. The Labute approximate surface area is 118 Å². The number of hydrogen-bond donors (Lipinski definition) is 1. The second-order valence-electron chi connectivity index (χ2n) is 4.91. The molecule has 1 unspecified atom stereocenters. The fraction of sp³-hybridized carbons (Fsp3) is 0.294. The quantitative estimate of drug-likeness (QED) is 0.854. The molecule has 2 aromatic carbocycles. The first kappa shape index (κ1) is 14.7. The van der Waals surface area contributed by atoms with Crippen LogP contribution in [0.2, 0.25) is 0 Å². The van der Waals surface area contributed by atoms with Crippen molar-refractivity contribution in [2.75, 3.05) is 6.54 Å². The molecule has 0 spiro atoms. The van der Waals surface area contributed by atoms with Crippen molar-refractivity contribution in [2.45, 2.75) is 26.3 Å². The molecule has 1 nitrogen and oxygen atoms in total. The van der Waals surface area contributed by atoms with E-state index in [1.54, 1.807) is 0 Å². The van der Waals surface area contributed by atoms with E-state index in [1.807, 2.05) is 31.2 Å². The van der Waals surface area contributed by atoms with Crippen LogP contribution in [0.15, 0.2) is 42.5 Å². The molecular formula is C17H19F2N. The highest BCUT2D eigenvalue weighted by Gasteiger charge is 2.19. The highest BCUT2D eigenvalue weighted by molar-refractivity contribution is 5.37. The van der Waals surface area contributed by atoms with Crippen molar-refractivity contribution in [2.24, 2.45) is 0 Å². The average molecular weight is 275 g/mol. The van der Waals surface area contributed by atoms with Gasteiger partial charge in [-0.2, -0.15) is 0 Å². The van der Waals surface area contributed by atoms with Crippen molar-refractivity contribution in [1.82, 2.24) is 5.32 Å². The molecule has 2 aromatic rings. The van der Waals surface area contributed by atoms with Gasteiger partial charge in [0, 0.05) is 11.6 Å². The SMILES string of the molecule is CCCNC(c1ccccc1C)c1ccc(F)cc1F. The van der Waals surface area contributed by atoms with E-state index in [0.717, 1.165) is 30.2 Å². The number of nitrogens with one attached hydrogen (secondary N) is 1. The minimum absolute atomic E-state index is 0.253. The monoisotopic (exact) mass is 275 g/mol. The minimum Gasteiger partial charge on any atom is -0.306 e. The molecule has 106 valence electrons. The standard InChI is InChI=1S/C17H19F2N/c1-3-10-20-17(14-7-5-4-6-12(14)2)15-9-8-13(18)11-16(15)19/h4-9,11,17,20H,3,10H2,1-2H3. The summed E-state index contributed by atoms with van der Waals surface area (Å²) in [6.45, 7) is 4.83. The van der Waals surface area contributed by atoms with Gasteiger partial charge in [0.1, 0.15) is 11.6 Å². The van der Waals surface area contributed by atoms with E-state index < -0.39 is 11.6 Å². The van der Waals surface area contributed by atoms with Crippen LogP contribution >= 0.6 is 0 Å².